The van der Waals surface area contributed by atoms with Crippen molar-refractivity contribution in [3.63, 3.8) is 0 Å². The van der Waals surface area contributed by atoms with Crippen LogP contribution in [0.2, 0.25) is 5.02 Å². The van der Waals surface area contributed by atoms with E-state index in [4.69, 9.17) is 17.3 Å². The highest BCUT2D eigenvalue weighted by Gasteiger charge is 2.39. The lowest BCUT2D eigenvalue weighted by Crippen LogP contribution is -2.29. The topological polar surface area (TPSA) is 58.7 Å². The molecule has 6 heteroatoms. The maximum absolute atomic E-state index is 13.2. The molecule has 1 amide bonds. The molecule has 0 saturated heterocycles. The van der Waals surface area contributed by atoms with Gasteiger partial charge in [-0.2, -0.15) is 5.10 Å². The molecular weight excluding hydrogens is 317 g/mol. The molecule has 1 heterocycles. The molecule has 1 aliphatic rings. The zero-order valence-corrected chi connectivity index (χ0v) is 13.2. The highest BCUT2D eigenvalue weighted by molar-refractivity contribution is 6.40. The monoisotopic (exact) mass is 331 g/mol. The number of hydrogen-bond donors (Lipinski definition) is 1. The molecule has 0 aliphatic carbocycles. The van der Waals surface area contributed by atoms with Gasteiger partial charge in [-0.05, 0) is 29.8 Å². The Morgan fingerprint density at radius 2 is 1.87 bits per heavy atom. The van der Waals surface area contributed by atoms with Gasteiger partial charge in [-0.3, -0.25) is 9.80 Å². The number of anilines is 1. The third-order valence-corrected chi connectivity index (χ3v) is 4.27. The van der Waals surface area contributed by atoms with Crippen LogP contribution in [0.5, 0.6) is 0 Å². The van der Waals surface area contributed by atoms with E-state index >= 15 is 0 Å². The molecule has 0 spiro atoms. The summed E-state index contributed by atoms with van der Waals surface area (Å²) in [4.78, 5) is 11.7. The number of carbonyl (C=O) groups excluding carboxylic acids is 1. The van der Waals surface area contributed by atoms with E-state index in [9.17, 15) is 9.18 Å². The second kappa shape index (κ2) is 6.01. The Bertz CT molecular complexity index is 776. The minimum absolute atomic E-state index is 0.241. The number of halogens is 2. The number of para-hydroxylation sites is 1. The molecule has 0 saturated carbocycles. The van der Waals surface area contributed by atoms with E-state index in [0.29, 0.717) is 10.7 Å². The summed E-state index contributed by atoms with van der Waals surface area (Å²) in [5.41, 5.74) is 7.22. The van der Waals surface area contributed by atoms with Crippen LogP contribution < -0.4 is 10.7 Å². The van der Waals surface area contributed by atoms with Crippen LogP contribution in [0.25, 0.3) is 0 Å². The molecule has 1 aliphatic heterocycles. The first-order valence-corrected chi connectivity index (χ1v) is 7.54. The van der Waals surface area contributed by atoms with Crippen LogP contribution >= 0.6 is 11.6 Å². The van der Waals surface area contributed by atoms with Crippen LogP contribution in [0.4, 0.5) is 10.1 Å². The van der Waals surface area contributed by atoms with Gasteiger partial charge >= 0.3 is 0 Å². The third kappa shape index (κ3) is 2.80. The number of primary amides is 1. The lowest BCUT2D eigenvalue weighted by Gasteiger charge is -2.27. The maximum Gasteiger partial charge on any atom is 0.265 e. The van der Waals surface area contributed by atoms with Crippen molar-refractivity contribution in [1.29, 1.82) is 0 Å². The summed E-state index contributed by atoms with van der Waals surface area (Å²) >= 11 is 6.27. The predicted molar refractivity (Wildman–Crippen MR) is 88.9 cm³/mol. The van der Waals surface area contributed by atoms with E-state index in [2.05, 4.69) is 5.10 Å². The molecule has 2 aromatic rings. The lowest BCUT2D eigenvalue weighted by atomic mass is 9.91. The van der Waals surface area contributed by atoms with E-state index in [-0.39, 0.29) is 23.5 Å². The van der Waals surface area contributed by atoms with Crippen molar-refractivity contribution in [2.24, 2.45) is 16.8 Å². The van der Waals surface area contributed by atoms with Crippen LogP contribution in [-0.2, 0) is 4.79 Å². The summed E-state index contributed by atoms with van der Waals surface area (Å²) in [7, 11) is 0. The zero-order chi connectivity index (χ0) is 16.6. The SMILES string of the molecule is CC1C(C(N)=O)=NN(c2ccccc2Cl)C1c1ccc(F)cc1. The fraction of sp³-hybridized carbons (Fsp3) is 0.176. The van der Waals surface area contributed by atoms with Gasteiger partial charge < -0.3 is 5.73 Å². The van der Waals surface area contributed by atoms with E-state index < -0.39 is 5.91 Å². The number of amides is 1. The molecule has 23 heavy (non-hydrogen) atoms. The summed E-state index contributed by atoms with van der Waals surface area (Å²) < 4.78 is 13.2. The van der Waals surface area contributed by atoms with Gasteiger partial charge in [-0.15, -0.1) is 0 Å². The number of hydrogen-bond acceptors (Lipinski definition) is 3. The van der Waals surface area contributed by atoms with Crippen LogP contribution in [0.15, 0.2) is 53.6 Å². The Labute approximate surface area is 138 Å². The molecule has 2 aromatic carbocycles. The fourth-order valence-electron chi connectivity index (χ4n) is 2.84. The van der Waals surface area contributed by atoms with Gasteiger partial charge in [-0.1, -0.05) is 42.8 Å². The van der Waals surface area contributed by atoms with E-state index in [0.717, 1.165) is 5.56 Å². The minimum atomic E-state index is -0.570. The quantitative estimate of drug-likeness (QED) is 0.935. The number of hydrazone groups is 1. The molecule has 0 bridgehead atoms. The third-order valence-electron chi connectivity index (χ3n) is 3.95. The number of carbonyl (C=O) groups is 1. The van der Waals surface area contributed by atoms with Crippen molar-refractivity contribution in [2.45, 2.75) is 13.0 Å². The second-order valence-corrected chi connectivity index (χ2v) is 5.84. The number of rotatable bonds is 3. The van der Waals surface area contributed by atoms with Gasteiger partial charge in [0.25, 0.3) is 5.91 Å². The fourth-order valence-corrected chi connectivity index (χ4v) is 3.06. The number of nitrogens with two attached hydrogens (primary N) is 1. The van der Waals surface area contributed by atoms with Gasteiger partial charge in [0.2, 0.25) is 0 Å². The van der Waals surface area contributed by atoms with Crippen molar-refractivity contribution < 1.29 is 9.18 Å². The van der Waals surface area contributed by atoms with Crippen molar-refractivity contribution in [3.8, 4) is 0 Å². The van der Waals surface area contributed by atoms with Gasteiger partial charge in [0.1, 0.15) is 11.5 Å². The summed E-state index contributed by atoms with van der Waals surface area (Å²) in [5.74, 6) is -1.13. The average Bonchev–Trinajstić information content (AvgIpc) is 2.86. The van der Waals surface area contributed by atoms with Gasteiger partial charge in [0.15, 0.2) is 0 Å². The highest BCUT2D eigenvalue weighted by atomic mass is 35.5. The van der Waals surface area contributed by atoms with E-state index in [1.54, 1.807) is 23.2 Å². The Balaban J connectivity index is 2.10. The molecule has 2 N–H and O–H groups in total. The number of nitrogens with zero attached hydrogens (tertiary/aromatic N) is 2. The first kappa shape index (κ1) is 15.5. The minimum Gasteiger partial charge on any atom is -0.364 e. The summed E-state index contributed by atoms with van der Waals surface area (Å²) in [6.45, 7) is 1.87. The molecule has 0 radical (unpaired) electrons. The van der Waals surface area contributed by atoms with Crippen LogP contribution in [0.3, 0.4) is 0 Å². The molecular formula is C17H15ClFN3O. The predicted octanol–water partition coefficient (Wildman–Crippen LogP) is 3.52. The van der Waals surface area contributed by atoms with Crippen molar-refractivity contribution >= 4 is 28.9 Å². The van der Waals surface area contributed by atoms with Crippen molar-refractivity contribution in [3.05, 3.63) is 64.9 Å². The second-order valence-electron chi connectivity index (χ2n) is 5.43. The number of benzene rings is 2. The Kier molecular flexibility index (Phi) is 4.05. The molecule has 0 fully saturated rings. The summed E-state index contributed by atoms with van der Waals surface area (Å²) in [6.07, 6.45) is 0. The molecule has 118 valence electrons. The van der Waals surface area contributed by atoms with Crippen LogP contribution in [0.1, 0.15) is 18.5 Å². The molecule has 2 unspecified atom stereocenters. The molecule has 2 atom stereocenters. The largest absolute Gasteiger partial charge is 0.364 e. The maximum atomic E-state index is 13.2. The smallest absolute Gasteiger partial charge is 0.265 e. The highest BCUT2D eigenvalue weighted by Crippen LogP contribution is 2.41. The van der Waals surface area contributed by atoms with Gasteiger partial charge in [0, 0.05) is 5.92 Å². The van der Waals surface area contributed by atoms with Crippen LogP contribution in [0, 0.1) is 11.7 Å². The van der Waals surface area contributed by atoms with Crippen molar-refractivity contribution in [2.75, 3.05) is 5.01 Å². The Morgan fingerprint density at radius 3 is 2.48 bits per heavy atom. The normalized spacial score (nSPS) is 20.5. The standard InChI is InChI=1S/C17H15ClFN3O/c1-10-15(17(20)23)21-22(14-5-3-2-4-13(14)18)16(10)11-6-8-12(19)9-7-11/h2-10,16H,1H3,(H2,20,23). The van der Waals surface area contributed by atoms with Gasteiger partial charge in [0.05, 0.1) is 16.8 Å². The summed E-state index contributed by atoms with van der Waals surface area (Å²) in [6, 6.07) is 13.1. The molecule has 4 nitrogen and oxygen atoms in total. The Hall–Kier alpha value is -2.40. The van der Waals surface area contributed by atoms with Crippen LogP contribution in [-0.4, -0.2) is 11.6 Å². The molecule has 0 aromatic heterocycles. The van der Waals surface area contributed by atoms with E-state index in [1.807, 2.05) is 25.1 Å². The van der Waals surface area contributed by atoms with E-state index in [1.165, 1.54) is 12.1 Å². The first-order valence-electron chi connectivity index (χ1n) is 7.16. The van der Waals surface area contributed by atoms with Gasteiger partial charge in [-0.25, -0.2) is 4.39 Å². The molecule has 3 rings (SSSR count). The Morgan fingerprint density at radius 1 is 1.22 bits per heavy atom. The average molecular weight is 332 g/mol. The first-order chi connectivity index (χ1) is 11.0. The lowest BCUT2D eigenvalue weighted by molar-refractivity contribution is -0.112. The summed E-state index contributed by atoms with van der Waals surface area (Å²) in [5, 5.41) is 6.57. The van der Waals surface area contributed by atoms with Crippen molar-refractivity contribution in [1.82, 2.24) is 0 Å². The zero-order valence-electron chi connectivity index (χ0n) is 12.4.